The molecule has 1 unspecified atom stereocenters. The van der Waals surface area contributed by atoms with E-state index in [1.165, 1.54) is 7.11 Å². The van der Waals surface area contributed by atoms with Gasteiger partial charge in [0, 0.05) is 6.54 Å². The van der Waals surface area contributed by atoms with Gasteiger partial charge in [0.2, 0.25) is 0 Å². The van der Waals surface area contributed by atoms with Crippen LogP contribution in [0.15, 0.2) is 24.3 Å². The molecule has 1 atom stereocenters. The van der Waals surface area contributed by atoms with Crippen LogP contribution in [0.2, 0.25) is 0 Å². The second-order valence-electron chi connectivity index (χ2n) is 6.06. The molecule has 0 N–H and O–H groups in total. The zero-order valence-corrected chi connectivity index (χ0v) is 12.9. The smallest absolute Gasteiger partial charge is 0.414 e. The Morgan fingerprint density at radius 3 is 2.52 bits per heavy atom. The van der Waals surface area contributed by atoms with E-state index in [4.69, 9.17) is 9.47 Å². The Labute approximate surface area is 124 Å². The number of amides is 1. The molecular formula is C16H21NO4. The maximum absolute atomic E-state index is 12.3. The molecular weight excluding hydrogens is 270 g/mol. The highest BCUT2D eigenvalue weighted by atomic mass is 16.6. The first-order valence-electron chi connectivity index (χ1n) is 7.01. The van der Waals surface area contributed by atoms with Crippen LogP contribution >= 0.6 is 0 Å². The van der Waals surface area contributed by atoms with Crippen LogP contribution in [0.3, 0.4) is 0 Å². The average molecular weight is 291 g/mol. The van der Waals surface area contributed by atoms with Gasteiger partial charge in [-0.25, -0.2) is 4.79 Å². The van der Waals surface area contributed by atoms with E-state index in [0.717, 1.165) is 5.56 Å². The largest absolute Gasteiger partial charge is 0.469 e. The maximum Gasteiger partial charge on any atom is 0.414 e. The first kappa shape index (κ1) is 15.4. The van der Waals surface area contributed by atoms with Crippen molar-refractivity contribution in [3.8, 4) is 0 Å². The number of hydrogen-bond donors (Lipinski definition) is 0. The molecule has 0 aromatic heterocycles. The number of para-hydroxylation sites is 1. The van der Waals surface area contributed by atoms with Crippen molar-refractivity contribution in [3.63, 3.8) is 0 Å². The van der Waals surface area contributed by atoms with E-state index in [1.807, 2.05) is 45.0 Å². The molecule has 0 spiro atoms. The van der Waals surface area contributed by atoms with Gasteiger partial charge in [0.25, 0.3) is 0 Å². The number of carbonyl (C=O) groups excluding carboxylic acids is 2. The quantitative estimate of drug-likeness (QED) is 0.746. The van der Waals surface area contributed by atoms with Crippen LogP contribution in [0.25, 0.3) is 0 Å². The van der Waals surface area contributed by atoms with E-state index in [0.29, 0.717) is 18.7 Å². The van der Waals surface area contributed by atoms with Gasteiger partial charge in [-0.2, -0.15) is 0 Å². The molecule has 1 aromatic rings. The zero-order valence-electron chi connectivity index (χ0n) is 12.9. The van der Waals surface area contributed by atoms with Crippen molar-refractivity contribution in [3.05, 3.63) is 29.8 Å². The summed E-state index contributed by atoms with van der Waals surface area (Å²) in [6.45, 7) is 5.93. The normalized spacial score (nSPS) is 17.9. The molecule has 0 saturated carbocycles. The number of anilines is 1. The topological polar surface area (TPSA) is 55.8 Å². The Bertz CT molecular complexity index is 547. The van der Waals surface area contributed by atoms with Gasteiger partial charge >= 0.3 is 12.1 Å². The summed E-state index contributed by atoms with van der Waals surface area (Å²) in [5.74, 6) is -0.601. The summed E-state index contributed by atoms with van der Waals surface area (Å²) in [5, 5.41) is 0. The lowest BCUT2D eigenvalue weighted by Gasteiger charge is -2.34. The Morgan fingerprint density at radius 1 is 1.24 bits per heavy atom. The van der Waals surface area contributed by atoms with E-state index in [2.05, 4.69) is 0 Å². The third-order valence-electron chi connectivity index (χ3n) is 3.34. The van der Waals surface area contributed by atoms with Crippen molar-refractivity contribution in [2.24, 2.45) is 0 Å². The van der Waals surface area contributed by atoms with Gasteiger partial charge < -0.3 is 9.47 Å². The number of nitrogens with zero attached hydrogens (tertiary/aromatic N) is 1. The summed E-state index contributed by atoms with van der Waals surface area (Å²) in [6, 6.07) is 7.38. The molecule has 0 radical (unpaired) electrons. The van der Waals surface area contributed by atoms with Crippen molar-refractivity contribution in [2.75, 3.05) is 18.6 Å². The highest BCUT2D eigenvalue weighted by Crippen LogP contribution is 2.36. The maximum atomic E-state index is 12.3. The van der Waals surface area contributed by atoms with Crippen molar-refractivity contribution >= 4 is 17.7 Å². The number of rotatable bonds is 1. The molecule has 1 amide bonds. The van der Waals surface area contributed by atoms with Gasteiger partial charge in [0.15, 0.2) is 0 Å². The highest BCUT2D eigenvalue weighted by Gasteiger charge is 2.34. The molecule has 0 aliphatic carbocycles. The molecule has 5 heteroatoms. The summed E-state index contributed by atoms with van der Waals surface area (Å²) in [6.07, 6.45) is 0.140. The number of carbonyl (C=O) groups is 2. The fourth-order valence-corrected chi connectivity index (χ4v) is 2.46. The van der Waals surface area contributed by atoms with Crippen LogP contribution in [-0.4, -0.2) is 31.3 Å². The number of fused-ring (bicyclic) bond motifs is 1. The number of methoxy groups -OCH3 is 1. The zero-order chi connectivity index (χ0) is 15.6. The molecule has 21 heavy (non-hydrogen) atoms. The summed E-state index contributed by atoms with van der Waals surface area (Å²) in [5.41, 5.74) is 0.973. The van der Waals surface area contributed by atoms with E-state index < -0.39 is 11.7 Å². The lowest BCUT2D eigenvalue weighted by atomic mass is 9.90. The van der Waals surface area contributed by atoms with Gasteiger partial charge in [-0.15, -0.1) is 0 Å². The first-order chi connectivity index (χ1) is 9.83. The van der Waals surface area contributed by atoms with Crippen LogP contribution in [0.5, 0.6) is 0 Å². The minimum atomic E-state index is -0.550. The van der Waals surface area contributed by atoms with E-state index in [9.17, 15) is 9.59 Å². The second kappa shape index (κ2) is 5.76. The number of ether oxygens (including phenoxy) is 2. The Balaban J connectivity index is 2.31. The van der Waals surface area contributed by atoms with Crippen LogP contribution in [0.4, 0.5) is 10.5 Å². The number of hydrogen-bond acceptors (Lipinski definition) is 4. The highest BCUT2D eigenvalue weighted by molar-refractivity contribution is 5.92. The lowest BCUT2D eigenvalue weighted by molar-refractivity contribution is -0.142. The summed E-state index contributed by atoms with van der Waals surface area (Å²) in [7, 11) is 1.38. The average Bonchev–Trinajstić information content (AvgIpc) is 2.43. The fraction of sp³-hybridized carbons (Fsp3) is 0.500. The molecule has 5 nitrogen and oxygen atoms in total. The molecule has 0 bridgehead atoms. The Morgan fingerprint density at radius 2 is 1.90 bits per heavy atom. The Hall–Kier alpha value is -2.04. The standard InChI is InChI=1S/C16H21NO4/c1-16(2,3)21-15(19)17-10-9-12(14(18)20-4)11-7-5-6-8-13(11)17/h5-8,12H,9-10H2,1-4H3. The van der Waals surface area contributed by atoms with Crippen LogP contribution < -0.4 is 4.90 Å². The van der Waals surface area contributed by atoms with Crippen LogP contribution in [0.1, 0.15) is 38.7 Å². The predicted octanol–water partition coefficient (Wildman–Crippen LogP) is 3.09. The SMILES string of the molecule is COC(=O)C1CCN(C(=O)OC(C)(C)C)c2ccccc21. The van der Waals surface area contributed by atoms with Crippen LogP contribution in [0, 0.1) is 0 Å². The molecule has 1 aromatic carbocycles. The second-order valence-corrected chi connectivity index (χ2v) is 6.06. The van der Waals surface area contributed by atoms with Gasteiger partial charge in [0.1, 0.15) is 5.60 Å². The molecule has 1 aliphatic rings. The minimum absolute atomic E-state index is 0.272. The molecule has 0 fully saturated rings. The lowest BCUT2D eigenvalue weighted by Crippen LogP contribution is -2.41. The predicted molar refractivity (Wildman–Crippen MR) is 79.4 cm³/mol. The molecule has 114 valence electrons. The summed E-state index contributed by atoms with van der Waals surface area (Å²) < 4.78 is 10.3. The minimum Gasteiger partial charge on any atom is -0.469 e. The molecule has 0 saturated heterocycles. The number of esters is 1. The van der Waals surface area contributed by atoms with E-state index in [1.54, 1.807) is 4.90 Å². The third-order valence-corrected chi connectivity index (χ3v) is 3.34. The van der Waals surface area contributed by atoms with Crippen molar-refractivity contribution < 1.29 is 19.1 Å². The monoisotopic (exact) mass is 291 g/mol. The number of benzene rings is 1. The third kappa shape index (κ3) is 3.35. The van der Waals surface area contributed by atoms with Crippen LogP contribution in [-0.2, 0) is 14.3 Å². The first-order valence-corrected chi connectivity index (χ1v) is 7.01. The van der Waals surface area contributed by atoms with Gasteiger partial charge in [-0.3, -0.25) is 9.69 Å². The van der Waals surface area contributed by atoms with Gasteiger partial charge in [-0.1, -0.05) is 18.2 Å². The fourth-order valence-electron chi connectivity index (χ4n) is 2.46. The molecule has 1 heterocycles. The van der Waals surface area contributed by atoms with Crippen molar-refractivity contribution in [1.82, 2.24) is 0 Å². The van der Waals surface area contributed by atoms with E-state index >= 15 is 0 Å². The summed E-state index contributed by atoms with van der Waals surface area (Å²) in [4.78, 5) is 25.8. The van der Waals surface area contributed by atoms with E-state index in [-0.39, 0.29) is 11.9 Å². The van der Waals surface area contributed by atoms with Crippen molar-refractivity contribution in [1.29, 1.82) is 0 Å². The molecule has 1 aliphatic heterocycles. The van der Waals surface area contributed by atoms with Gasteiger partial charge in [0.05, 0.1) is 18.7 Å². The molecule has 2 rings (SSSR count). The Kier molecular flexibility index (Phi) is 4.21. The van der Waals surface area contributed by atoms with Gasteiger partial charge in [-0.05, 0) is 38.8 Å². The van der Waals surface area contributed by atoms with Crippen molar-refractivity contribution in [2.45, 2.75) is 38.7 Å². The summed E-state index contributed by atoms with van der Waals surface area (Å²) >= 11 is 0.